The van der Waals surface area contributed by atoms with Crippen LogP contribution in [0.1, 0.15) is 32.5 Å². The molecule has 0 unspecified atom stereocenters. The third-order valence-corrected chi connectivity index (χ3v) is 6.28. The van der Waals surface area contributed by atoms with Gasteiger partial charge in [-0.3, -0.25) is 24.2 Å². The van der Waals surface area contributed by atoms with E-state index in [9.17, 15) is 19.2 Å². The van der Waals surface area contributed by atoms with Crippen LogP contribution in [0.3, 0.4) is 0 Å². The van der Waals surface area contributed by atoms with Gasteiger partial charge in [-0.15, -0.1) is 0 Å². The number of amides is 1. The first-order chi connectivity index (χ1) is 16.6. The van der Waals surface area contributed by atoms with Gasteiger partial charge in [-0.1, -0.05) is 23.9 Å². The molecule has 35 heavy (non-hydrogen) atoms. The molecule has 0 bridgehead atoms. The molecule has 1 aliphatic rings. The minimum Gasteiger partial charge on any atom is -0.423 e. The molecule has 12 heteroatoms. The van der Waals surface area contributed by atoms with Gasteiger partial charge in [-0.2, -0.15) is 0 Å². The van der Waals surface area contributed by atoms with Crippen LogP contribution in [0.25, 0.3) is 11.3 Å². The second-order valence-electron chi connectivity index (χ2n) is 7.55. The molecule has 2 heterocycles. The summed E-state index contributed by atoms with van der Waals surface area (Å²) >= 11 is 4.62. The number of anilines is 1. The van der Waals surface area contributed by atoms with E-state index < -0.39 is 18.1 Å². The van der Waals surface area contributed by atoms with Crippen molar-refractivity contribution in [2.75, 3.05) is 11.2 Å². The Morgan fingerprint density at radius 3 is 2.43 bits per heavy atom. The Labute approximate surface area is 212 Å². The fourth-order valence-electron chi connectivity index (χ4n) is 3.92. The number of nitrogens with one attached hydrogen (secondary N) is 1. The second-order valence-corrected chi connectivity index (χ2v) is 9.20. The zero-order valence-electron chi connectivity index (χ0n) is 19.1. The topological polar surface area (TPSA) is 123 Å². The lowest BCUT2D eigenvalue weighted by atomic mass is 10.0. The number of aromatic amines is 1. The van der Waals surface area contributed by atoms with Crippen molar-refractivity contribution in [3.63, 3.8) is 0 Å². The van der Waals surface area contributed by atoms with E-state index in [0.717, 1.165) is 0 Å². The summed E-state index contributed by atoms with van der Waals surface area (Å²) in [6.07, 6.45) is 0.853. The van der Waals surface area contributed by atoms with Crippen molar-refractivity contribution in [2.24, 2.45) is 0 Å². The monoisotopic (exact) mass is 559 g/mol. The Balaban J connectivity index is 2.05. The largest absolute Gasteiger partial charge is 0.423 e. The molecule has 3 aromatic rings. The molecule has 0 saturated carbocycles. The molecule has 1 amide bonds. The van der Waals surface area contributed by atoms with Gasteiger partial charge >= 0.3 is 23.2 Å². The number of hydrogen-bond donors (Lipinski definition) is 1. The van der Waals surface area contributed by atoms with E-state index in [1.54, 1.807) is 36.6 Å². The highest BCUT2D eigenvalue weighted by molar-refractivity contribution is 9.10. The fraction of sp³-hybridized carbons (Fsp3) is 0.217. The van der Waals surface area contributed by atoms with Gasteiger partial charge in [0.25, 0.3) is 6.17 Å². The van der Waals surface area contributed by atoms with Crippen molar-refractivity contribution >= 4 is 51.2 Å². The lowest BCUT2D eigenvalue weighted by Crippen LogP contribution is -2.60. The number of thioether (sulfide) groups is 1. The number of rotatable bonds is 4. The molecule has 0 fully saturated rings. The number of nitrogens with zero attached hydrogens (tertiary/aromatic N) is 3. The standard InChI is InChI=1S/C23H19BrN4O6S/c1-11(29)27-17-8-6-5-7-15(17)19-21(32)25-23(35-4)26-28(19)22(27)14-9-16(24)20(34-13(3)31)18(10-14)33-12(2)30/h5-10,22H,1-4H3/p+1/t22-/m1/s1. The van der Waals surface area contributed by atoms with Crippen LogP contribution in [0, 0.1) is 0 Å². The number of para-hydroxylation sites is 1. The van der Waals surface area contributed by atoms with Gasteiger partial charge in [-0.05, 0) is 51.1 Å². The van der Waals surface area contributed by atoms with Gasteiger partial charge in [-0.25, -0.2) is 4.90 Å². The Kier molecular flexibility index (Phi) is 6.77. The molecule has 1 aliphatic heterocycles. The van der Waals surface area contributed by atoms with E-state index in [2.05, 4.69) is 26.0 Å². The summed E-state index contributed by atoms with van der Waals surface area (Å²) in [6, 6.07) is 10.1. The first kappa shape index (κ1) is 24.6. The smallest absolute Gasteiger partial charge is 0.325 e. The highest BCUT2D eigenvalue weighted by Gasteiger charge is 2.45. The van der Waals surface area contributed by atoms with Crippen LogP contribution in [-0.2, 0) is 14.4 Å². The summed E-state index contributed by atoms with van der Waals surface area (Å²) in [5.41, 5.74) is 1.39. The number of carbonyl (C=O) groups is 3. The Hall–Kier alpha value is -3.51. The first-order valence-corrected chi connectivity index (χ1v) is 12.3. The van der Waals surface area contributed by atoms with E-state index in [4.69, 9.17) is 9.47 Å². The Bertz CT molecular complexity index is 1440. The third kappa shape index (κ3) is 4.58. The van der Waals surface area contributed by atoms with Gasteiger partial charge in [0.15, 0.2) is 11.5 Å². The molecule has 4 rings (SSSR count). The van der Waals surface area contributed by atoms with Crippen molar-refractivity contribution in [2.45, 2.75) is 32.1 Å². The van der Waals surface area contributed by atoms with Crippen LogP contribution < -0.4 is 24.6 Å². The SMILES string of the molecule is CSc1n[n+]2c(c(=O)[nH]1)-c1ccccc1N(C(C)=O)[C@H]2c1cc(Br)c(OC(C)=O)c(OC(C)=O)c1. The zero-order valence-corrected chi connectivity index (χ0v) is 21.5. The van der Waals surface area contributed by atoms with E-state index in [1.165, 1.54) is 48.2 Å². The van der Waals surface area contributed by atoms with Gasteiger partial charge < -0.3 is 9.47 Å². The highest BCUT2D eigenvalue weighted by Crippen LogP contribution is 2.42. The first-order valence-electron chi connectivity index (χ1n) is 10.3. The van der Waals surface area contributed by atoms with E-state index in [1.807, 2.05) is 0 Å². The van der Waals surface area contributed by atoms with E-state index in [0.29, 0.717) is 26.4 Å². The van der Waals surface area contributed by atoms with Crippen molar-refractivity contribution in [3.8, 4) is 22.8 Å². The van der Waals surface area contributed by atoms with Crippen LogP contribution in [0.15, 0.2) is 50.8 Å². The molecule has 0 spiro atoms. The van der Waals surface area contributed by atoms with E-state index >= 15 is 0 Å². The Morgan fingerprint density at radius 1 is 1.11 bits per heavy atom. The molecule has 1 aromatic heterocycles. The van der Waals surface area contributed by atoms with Gasteiger partial charge in [0.05, 0.1) is 21.3 Å². The van der Waals surface area contributed by atoms with Crippen molar-refractivity contribution in [1.29, 1.82) is 0 Å². The fourth-order valence-corrected chi connectivity index (χ4v) is 4.82. The van der Waals surface area contributed by atoms with Crippen molar-refractivity contribution in [1.82, 2.24) is 10.1 Å². The number of esters is 2. The minimum atomic E-state index is -0.914. The maximum Gasteiger partial charge on any atom is 0.325 e. The quantitative estimate of drug-likeness (QED) is 0.224. The molecule has 2 aromatic carbocycles. The second kappa shape index (κ2) is 9.62. The number of ether oxygens (including phenoxy) is 2. The number of halogens is 1. The molecule has 1 atom stereocenters. The average Bonchev–Trinajstić information content (AvgIpc) is 2.79. The van der Waals surface area contributed by atoms with Crippen LogP contribution in [0.4, 0.5) is 5.69 Å². The number of H-pyrrole nitrogens is 1. The molecule has 0 aliphatic carbocycles. The normalized spacial score (nSPS) is 14.1. The molecule has 1 N–H and O–H groups in total. The molecular formula is C23H20BrN4O6S+. The molecule has 180 valence electrons. The predicted octanol–water partition coefficient (Wildman–Crippen LogP) is 2.97. The number of aromatic nitrogens is 3. The van der Waals surface area contributed by atoms with E-state index in [-0.39, 0.29) is 28.7 Å². The average molecular weight is 560 g/mol. The highest BCUT2D eigenvalue weighted by atomic mass is 79.9. The minimum absolute atomic E-state index is 0.0101. The lowest BCUT2D eigenvalue weighted by Gasteiger charge is -2.31. The van der Waals surface area contributed by atoms with Crippen LogP contribution in [-0.4, -0.2) is 34.2 Å². The molecule has 0 radical (unpaired) electrons. The summed E-state index contributed by atoms with van der Waals surface area (Å²) in [7, 11) is 0. The zero-order chi connectivity index (χ0) is 25.4. The van der Waals surface area contributed by atoms with Crippen molar-refractivity contribution in [3.05, 3.63) is 56.8 Å². The summed E-state index contributed by atoms with van der Waals surface area (Å²) in [5, 5.41) is 4.94. The predicted molar refractivity (Wildman–Crippen MR) is 130 cm³/mol. The van der Waals surface area contributed by atoms with Crippen LogP contribution in [0.2, 0.25) is 0 Å². The molecule has 10 nitrogen and oxygen atoms in total. The molecule has 0 saturated heterocycles. The number of hydrogen-bond acceptors (Lipinski definition) is 8. The maximum atomic E-state index is 13.1. The van der Waals surface area contributed by atoms with Crippen LogP contribution in [0.5, 0.6) is 11.5 Å². The van der Waals surface area contributed by atoms with Crippen molar-refractivity contribution < 1.29 is 28.5 Å². The molecular weight excluding hydrogens is 540 g/mol. The van der Waals surface area contributed by atoms with Gasteiger partial charge in [0, 0.05) is 25.9 Å². The number of fused-ring (bicyclic) bond motifs is 3. The summed E-state index contributed by atoms with van der Waals surface area (Å²) in [6.45, 7) is 3.85. The maximum absolute atomic E-state index is 13.1. The summed E-state index contributed by atoms with van der Waals surface area (Å²) in [5.74, 6) is -1.57. The van der Waals surface area contributed by atoms with Crippen LogP contribution >= 0.6 is 27.7 Å². The van der Waals surface area contributed by atoms with Gasteiger partial charge in [0.2, 0.25) is 11.1 Å². The van der Waals surface area contributed by atoms with Gasteiger partial charge in [0.1, 0.15) is 0 Å². The summed E-state index contributed by atoms with van der Waals surface area (Å²) < 4.78 is 12.4. The third-order valence-electron chi connectivity index (χ3n) is 5.12. The lowest BCUT2D eigenvalue weighted by molar-refractivity contribution is -0.763. The Morgan fingerprint density at radius 2 is 1.80 bits per heavy atom. The number of carbonyl (C=O) groups excluding carboxylic acids is 3. The summed E-state index contributed by atoms with van der Waals surface area (Å²) in [4.78, 5) is 53.8. The number of benzene rings is 2.